The van der Waals surface area contributed by atoms with Gasteiger partial charge in [-0.2, -0.15) is 15.0 Å². The van der Waals surface area contributed by atoms with Gasteiger partial charge in [-0.15, -0.1) is 0 Å². The lowest BCUT2D eigenvalue weighted by Crippen LogP contribution is -2.63. The number of rotatable bonds is 13. The van der Waals surface area contributed by atoms with Crippen LogP contribution in [0.3, 0.4) is 0 Å². The van der Waals surface area contributed by atoms with Gasteiger partial charge in [0, 0.05) is 47.3 Å². The third-order valence-electron chi connectivity index (χ3n) is 8.46. The molecule has 0 amide bonds. The van der Waals surface area contributed by atoms with Crippen molar-refractivity contribution in [3.63, 3.8) is 0 Å². The van der Waals surface area contributed by atoms with Gasteiger partial charge in [0.2, 0.25) is 17.8 Å². The Labute approximate surface area is 249 Å². The Bertz CT molecular complexity index is 879. The Morgan fingerprint density at radius 2 is 0.927 bits per heavy atom. The van der Waals surface area contributed by atoms with Gasteiger partial charge < -0.3 is 30.6 Å². The molecule has 0 aliphatic carbocycles. The largest absolute Gasteiger partial charge is 0.376 e. The number of aliphatic hydroxyl groups is 2. The molecule has 0 bridgehead atoms. The van der Waals surface area contributed by atoms with Crippen molar-refractivity contribution in [3.05, 3.63) is 0 Å². The van der Waals surface area contributed by atoms with Crippen LogP contribution in [0.2, 0.25) is 0 Å². The van der Waals surface area contributed by atoms with Crippen LogP contribution in [0.4, 0.5) is 17.8 Å². The van der Waals surface area contributed by atoms with Crippen molar-refractivity contribution in [2.45, 2.75) is 155 Å². The summed E-state index contributed by atoms with van der Waals surface area (Å²) in [7, 11) is 0. The van der Waals surface area contributed by atoms with Crippen LogP contribution in [0.5, 0.6) is 0 Å². The number of aromatic nitrogens is 3. The summed E-state index contributed by atoms with van der Waals surface area (Å²) in [6.07, 6.45) is 8.07. The van der Waals surface area contributed by atoms with Gasteiger partial charge >= 0.3 is 0 Å². The average molecular weight is 577 g/mol. The molecule has 3 heterocycles. The first-order valence-electron chi connectivity index (χ1n) is 15.9. The summed E-state index contributed by atoms with van der Waals surface area (Å²) in [4.78, 5) is 21.2. The minimum absolute atomic E-state index is 0.0305. The third-order valence-corrected chi connectivity index (χ3v) is 8.46. The zero-order chi connectivity index (χ0) is 30.6. The van der Waals surface area contributed by atoms with Crippen molar-refractivity contribution in [2.24, 2.45) is 0 Å². The average Bonchev–Trinajstić information content (AvgIpc) is 2.81. The zero-order valence-electron chi connectivity index (χ0n) is 27.7. The van der Waals surface area contributed by atoms with Crippen molar-refractivity contribution in [1.82, 2.24) is 25.6 Å². The maximum atomic E-state index is 10.1. The van der Waals surface area contributed by atoms with Crippen LogP contribution in [0.15, 0.2) is 0 Å². The molecule has 0 unspecified atom stereocenters. The van der Waals surface area contributed by atoms with Crippen LogP contribution in [0.1, 0.15) is 121 Å². The first-order valence-corrected chi connectivity index (χ1v) is 15.9. The molecule has 10 heteroatoms. The van der Waals surface area contributed by atoms with Crippen LogP contribution in [0, 0.1) is 0 Å². The SMILES string of the molecule is CCCCN(c1nc(N(CO)CO)nc(N(CCCC)C2CC(C)(C)NC(C)(C)C2)n1)C1CC(C)(C)NC(C)(C)C1. The van der Waals surface area contributed by atoms with Crippen molar-refractivity contribution in [3.8, 4) is 0 Å². The van der Waals surface area contributed by atoms with Gasteiger partial charge in [0.15, 0.2) is 0 Å². The van der Waals surface area contributed by atoms with E-state index in [0.29, 0.717) is 17.8 Å². The first-order chi connectivity index (χ1) is 19.0. The summed E-state index contributed by atoms with van der Waals surface area (Å²) in [6, 6.07) is 0.488. The van der Waals surface area contributed by atoms with Crippen LogP contribution in [-0.2, 0) is 0 Å². The minimum atomic E-state index is -0.371. The van der Waals surface area contributed by atoms with E-state index in [-0.39, 0.29) is 47.7 Å². The number of hydrogen-bond acceptors (Lipinski definition) is 10. The van der Waals surface area contributed by atoms with Gasteiger partial charge in [0.25, 0.3) is 0 Å². The number of piperidine rings is 2. The van der Waals surface area contributed by atoms with Gasteiger partial charge in [-0.05, 0) is 93.9 Å². The monoisotopic (exact) mass is 576 g/mol. The number of unbranched alkanes of at least 4 members (excludes halogenated alkanes) is 2. The summed E-state index contributed by atoms with van der Waals surface area (Å²) in [5, 5.41) is 27.9. The molecular weight excluding hydrogens is 516 g/mol. The van der Waals surface area contributed by atoms with E-state index in [0.717, 1.165) is 64.5 Å². The Morgan fingerprint density at radius 1 is 0.610 bits per heavy atom. The molecule has 4 N–H and O–H groups in total. The molecule has 1 aromatic rings. The van der Waals surface area contributed by atoms with Crippen LogP contribution < -0.4 is 25.3 Å². The van der Waals surface area contributed by atoms with E-state index in [1.54, 1.807) is 0 Å². The predicted molar refractivity (Wildman–Crippen MR) is 170 cm³/mol. The van der Waals surface area contributed by atoms with Crippen LogP contribution in [-0.4, -0.2) is 86.0 Å². The number of nitrogens with zero attached hydrogens (tertiary/aromatic N) is 6. The smallest absolute Gasteiger partial charge is 0.235 e. The maximum Gasteiger partial charge on any atom is 0.235 e. The van der Waals surface area contributed by atoms with Gasteiger partial charge in [-0.1, -0.05) is 26.7 Å². The highest BCUT2D eigenvalue weighted by Crippen LogP contribution is 2.36. The van der Waals surface area contributed by atoms with Crippen molar-refractivity contribution >= 4 is 17.8 Å². The van der Waals surface area contributed by atoms with E-state index in [1.807, 2.05) is 0 Å². The summed E-state index contributed by atoms with van der Waals surface area (Å²) < 4.78 is 0. The second kappa shape index (κ2) is 13.3. The molecule has 0 saturated carbocycles. The summed E-state index contributed by atoms with van der Waals surface area (Å²) >= 11 is 0. The Kier molecular flexibility index (Phi) is 10.9. The van der Waals surface area contributed by atoms with E-state index in [9.17, 15) is 10.2 Å². The van der Waals surface area contributed by atoms with Gasteiger partial charge in [-0.3, -0.25) is 4.90 Å². The molecule has 3 rings (SSSR count). The molecule has 41 heavy (non-hydrogen) atoms. The Hall–Kier alpha value is -1.75. The fraction of sp³-hybridized carbons (Fsp3) is 0.903. The molecule has 2 aliphatic rings. The summed E-state index contributed by atoms with van der Waals surface area (Å²) in [5.74, 6) is 1.59. The van der Waals surface area contributed by atoms with Crippen molar-refractivity contribution in [1.29, 1.82) is 0 Å². The lowest BCUT2D eigenvalue weighted by Gasteiger charge is -2.50. The van der Waals surface area contributed by atoms with Crippen LogP contribution >= 0.6 is 0 Å². The Morgan fingerprint density at radius 3 is 1.22 bits per heavy atom. The molecule has 0 aromatic carbocycles. The lowest BCUT2D eigenvalue weighted by molar-refractivity contribution is 0.157. The molecule has 2 aliphatic heterocycles. The molecule has 2 fully saturated rings. The standard InChI is InChI=1S/C31H60N8O2/c1-11-13-15-38(23-17-28(3,4)35-29(5,6)18-23)26-32-25(37(21-40)22-41)33-27(34-26)39(16-14-12-2)24-19-30(7,8)36-31(9,10)20-24/h23-24,35-36,40-41H,11-22H2,1-10H3. The lowest BCUT2D eigenvalue weighted by atomic mass is 9.79. The van der Waals surface area contributed by atoms with E-state index in [2.05, 4.69) is 89.7 Å². The number of nitrogens with one attached hydrogen (secondary N) is 2. The summed E-state index contributed by atoms with van der Waals surface area (Å²) in [5.41, 5.74) is -0.122. The topological polar surface area (TPSA) is 113 Å². The predicted octanol–water partition coefficient (Wildman–Crippen LogP) is 4.41. The fourth-order valence-electron chi connectivity index (χ4n) is 7.44. The highest BCUT2D eigenvalue weighted by atomic mass is 16.3. The van der Waals surface area contributed by atoms with E-state index in [4.69, 9.17) is 15.0 Å². The Balaban J connectivity index is 2.15. The number of hydrogen-bond donors (Lipinski definition) is 4. The molecule has 10 nitrogen and oxygen atoms in total. The normalized spacial score (nSPS) is 22.0. The second-order valence-electron chi connectivity index (χ2n) is 15.1. The number of aliphatic hydroxyl groups excluding tert-OH is 2. The zero-order valence-corrected chi connectivity index (χ0v) is 27.7. The highest BCUT2D eigenvalue weighted by Gasteiger charge is 2.43. The molecule has 0 radical (unpaired) electrons. The molecule has 2 saturated heterocycles. The number of anilines is 3. The molecular formula is C31H60N8O2. The van der Waals surface area contributed by atoms with Crippen LogP contribution in [0.25, 0.3) is 0 Å². The highest BCUT2D eigenvalue weighted by molar-refractivity contribution is 5.48. The third kappa shape index (κ3) is 9.12. The quantitative estimate of drug-likeness (QED) is 0.252. The van der Waals surface area contributed by atoms with Gasteiger partial charge in [-0.25, -0.2) is 0 Å². The summed E-state index contributed by atoms with van der Waals surface area (Å²) in [6.45, 7) is 23.6. The fourth-order valence-corrected chi connectivity index (χ4v) is 7.44. The van der Waals surface area contributed by atoms with Crippen molar-refractivity contribution < 1.29 is 10.2 Å². The molecule has 1 aromatic heterocycles. The molecule has 0 atom stereocenters. The minimum Gasteiger partial charge on any atom is -0.376 e. The van der Waals surface area contributed by atoms with Gasteiger partial charge in [0.1, 0.15) is 13.5 Å². The molecule has 236 valence electrons. The maximum absolute atomic E-state index is 10.1. The van der Waals surface area contributed by atoms with E-state index in [1.165, 1.54) is 4.90 Å². The first kappa shape index (κ1) is 33.7. The van der Waals surface area contributed by atoms with E-state index < -0.39 is 0 Å². The molecule has 0 spiro atoms. The van der Waals surface area contributed by atoms with Gasteiger partial charge in [0.05, 0.1) is 0 Å². The van der Waals surface area contributed by atoms with Crippen molar-refractivity contribution in [2.75, 3.05) is 41.3 Å². The second-order valence-corrected chi connectivity index (χ2v) is 15.1. The van der Waals surface area contributed by atoms with E-state index >= 15 is 0 Å².